The molecule has 2 amide bonds. The Hall–Kier alpha value is -1.95. The van der Waals surface area contributed by atoms with Crippen molar-refractivity contribution in [1.29, 1.82) is 0 Å². The van der Waals surface area contributed by atoms with Crippen LogP contribution < -0.4 is 0 Å². The zero-order valence-electron chi connectivity index (χ0n) is 16.0. The molecule has 1 aromatic rings. The summed E-state index contributed by atoms with van der Waals surface area (Å²) in [5, 5.41) is 0. The summed E-state index contributed by atoms with van der Waals surface area (Å²) in [6.07, 6.45) is 7.19. The van der Waals surface area contributed by atoms with E-state index in [0.717, 1.165) is 57.5 Å². The highest BCUT2D eigenvalue weighted by atomic mass is 16.2. The van der Waals surface area contributed by atoms with Gasteiger partial charge < -0.3 is 9.80 Å². The highest BCUT2D eigenvalue weighted by Gasteiger charge is 2.43. The first kappa shape index (κ1) is 18.8. The predicted octanol–water partition coefficient (Wildman–Crippen LogP) is 1.56. The van der Waals surface area contributed by atoms with E-state index in [-0.39, 0.29) is 17.4 Å². The average molecular weight is 358 g/mol. The van der Waals surface area contributed by atoms with Gasteiger partial charge in [-0.1, -0.05) is 6.07 Å². The molecule has 0 radical (unpaired) electrons. The molecule has 0 unspecified atom stereocenters. The van der Waals surface area contributed by atoms with Gasteiger partial charge in [0.25, 0.3) is 0 Å². The maximum Gasteiger partial charge on any atom is 0.223 e. The van der Waals surface area contributed by atoms with E-state index in [2.05, 4.69) is 16.9 Å². The van der Waals surface area contributed by atoms with E-state index >= 15 is 0 Å². The standard InChI is InChI=1S/C20H30N4O2/c1-3-23-12-10-20(9-8-19(23)26)16-24(14-13-22(20)2)18(25)7-6-17-5-4-11-21-15-17/h4-5,11,15H,3,6-10,12-14,16H2,1-2H3/t20-/m0/s1. The van der Waals surface area contributed by atoms with Crippen LogP contribution in [0.1, 0.15) is 38.2 Å². The molecule has 1 atom stereocenters. The number of piperazine rings is 1. The van der Waals surface area contributed by atoms with Gasteiger partial charge in [-0.3, -0.25) is 19.5 Å². The van der Waals surface area contributed by atoms with Gasteiger partial charge in [0.2, 0.25) is 11.8 Å². The van der Waals surface area contributed by atoms with Gasteiger partial charge >= 0.3 is 0 Å². The van der Waals surface area contributed by atoms with E-state index in [1.54, 1.807) is 6.20 Å². The van der Waals surface area contributed by atoms with Crippen LogP contribution in [-0.2, 0) is 16.0 Å². The molecule has 3 heterocycles. The third-order valence-electron chi connectivity index (χ3n) is 6.09. The lowest BCUT2D eigenvalue weighted by Crippen LogP contribution is -2.62. The average Bonchev–Trinajstić information content (AvgIpc) is 2.82. The normalized spacial score (nSPS) is 24.8. The zero-order chi connectivity index (χ0) is 18.6. The molecule has 0 bridgehead atoms. The zero-order valence-corrected chi connectivity index (χ0v) is 16.0. The Morgan fingerprint density at radius 2 is 2.12 bits per heavy atom. The Bertz CT molecular complexity index is 636. The van der Waals surface area contributed by atoms with E-state index in [4.69, 9.17) is 0 Å². The number of hydrogen-bond donors (Lipinski definition) is 0. The van der Waals surface area contributed by atoms with Crippen LogP contribution >= 0.6 is 0 Å². The van der Waals surface area contributed by atoms with E-state index < -0.39 is 0 Å². The van der Waals surface area contributed by atoms with Gasteiger partial charge in [0, 0.05) is 63.5 Å². The molecule has 0 aliphatic carbocycles. The van der Waals surface area contributed by atoms with Crippen LogP contribution in [0, 0.1) is 0 Å². The summed E-state index contributed by atoms with van der Waals surface area (Å²) in [6, 6.07) is 3.93. The summed E-state index contributed by atoms with van der Waals surface area (Å²) in [5.74, 6) is 0.460. The SMILES string of the molecule is CCN1CC[C@@]2(CCC1=O)CN(C(=O)CCc1cccnc1)CCN2C. The molecule has 1 aromatic heterocycles. The van der Waals surface area contributed by atoms with Gasteiger partial charge in [-0.05, 0) is 44.9 Å². The maximum atomic E-state index is 12.8. The van der Waals surface area contributed by atoms with Gasteiger partial charge in [-0.15, -0.1) is 0 Å². The fourth-order valence-corrected chi connectivity index (χ4v) is 4.20. The van der Waals surface area contributed by atoms with Gasteiger partial charge in [0.1, 0.15) is 0 Å². The molecule has 6 heteroatoms. The molecule has 0 aromatic carbocycles. The topological polar surface area (TPSA) is 56.8 Å². The van der Waals surface area contributed by atoms with Gasteiger partial charge in [0.05, 0.1) is 0 Å². The van der Waals surface area contributed by atoms with Crippen LogP contribution in [0.15, 0.2) is 24.5 Å². The van der Waals surface area contributed by atoms with Crippen LogP contribution in [0.2, 0.25) is 0 Å². The summed E-state index contributed by atoms with van der Waals surface area (Å²) in [7, 11) is 2.14. The number of nitrogens with zero attached hydrogens (tertiary/aromatic N) is 4. The van der Waals surface area contributed by atoms with Crippen LogP contribution in [0.3, 0.4) is 0 Å². The van der Waals surface area contributed by atoms with Crippen molar-refractivity contribution in [2.75, 3.05) is 39.8 Å². The Balaban J connectivity index is 1.63. The van der Waals surface area contributed by atoms with Crippen LogP contribution in [0.25, 0.3) is 0 Å². The Kier molecular flexibility index (Phi) is 5.91. The molecule has 2 aliphatic rings. The second-order valence-corrected chi connectivity index (χ2v) is 7.55. The van der Waals surface area contributed by atoms with Crippen LogP contribution in [0.5, 0.6) is 0 Å². The van der Waals surface area contributed by atoms with E-state index in [1.807, 2.05) is 35.1 Å². The fraction of sp³-hybridized carbons (Fsp3) is 0.650. The first-order valence-corrected chi connectivity index (χ1v) is 9.70. The lowest BCUT2D eigenvalue weighted by molar-refractivity contribution is -0.136. The molecule has 6 nitrogen and oxygen atoms in total. The fourth-order valence-electron chi connectivity index (χ4n) is 4.20. The molecular weight excluding hydrogens is 328 g/mol. The summed E-state index contributed by atoms with van der Waals surface area (Å²) in [4.78, 5) is 35.5. The minimum Gasteiger partial charge on any atom is -0.343 e. The van der Waals surface area contributed by atoms with Crippen molar-refractivity contribution < 1.29 is 9.59 Å². The summed E-state index contributed by atoms with van der Waals surface area (Å²) in [6.45, 7) is 5.98. The number of rotatable bonds is 4. The van der Waals surface area contributed by atoms with Crippen LogP contribution in [-0.4, -0.2) is 76.8 Å². The highest BCUT2D eigenvalue weighted by molar-refractivity contribution is 5.77. The predicted molar refractivity (Wildman–Crippen MR) is 101 cm³/mol. The second kappa shape index (κ2) is 8.16. The number of carbonyl (C=O) groups excluding carboxylic acids is 2. The number of aromatic nitrogens is 1. The van der Waals surface area contributed by atoms with Crippen molar-refractivity contribution >= 4 is 11.8 Å². The lowest BCUT2D eigenvalue weighted by Gasteiger charge is -2.49. The first-order chi connectivity index (χ1) is 12.5. The molecule has 1 spiro atoms. The molecule has 142 valence electrons. The summed E-state index contributed by atoms with van der Waals surface area (Å²) in [5.41, 5.74) is 1.03. The Labute approximate surface area is 156 Å². The third-order valence-corrected chi connectivity index (χ3v) is 6.09. The first-order valence-electron chi connectivity index (χ1n) is 9.70. The number of likely N-dealkylation sites (tertiary alicyclic amines) is 1. The molecule has 0 saturated carbocycles. The molecule has 0 N–H and O–H groups in total. The van der Waals surface area contributed by atoms with Gasteiger partial charge in [-0.2, -0.15) is 0 Å². The number of amides is 2. The number of hydrogen-bond acceptors (Lipinski definition) is 4. The molecule has 3 rings (SSSR count). The summed E-state index contributed by atoms with van der Waals surface area (Å²) < 4.78 is 0. The Morgan fingerprint density at radius 1 is 1.27 bits per heavy atom. The number of likely N-dealkylation sites (N-methyl/N-ethyl adjacent to an activating group) is 1. The maximum absolute atomic E-state index is 12.8. The highest BCUT2D eigenvalue weighted by Crippen LogP contribution is 2.32. The van der Waals surface area contributed by atoms with E-state index in [9.17, 15) is 9.59 Å². The van der Waals surface area contributed by atoms with Crippen molar-refractivity contribution in [1.82, 2.24) is 19.7 Å². The molecular formula is C20H30N4O2. The number of aryl methyl sites for hydroxylation is 1. The van der Waals surface area contributed by atoms with Gasteiger partial charge in [-0.25, -0.2) is 0 Å². The smallest absolute Gasteiger partial charge is 0.223 e. The van der Waals surface area contributed by atoms with E-state index in [0.29, 0.717) is 12.8 Å². The third kappa shape index (κ3) is 4.06. The molecule has 26 heavy (non-hydrogen) atoms. The largest absolute Gasteiger partial charge is 0.343 e. The van der Waals surface area contributed by atoms with Crippen molar-refractivity contribution in [3.8, 4) is 0 Å². The molecule has 2 saturated heterocycles. The minimum absolute atomic E-state index is 0.0677. The van der Waals surface area contributed by atoms with Gasteiger partial charge in [0.15, 0.2) is 0 Å². The minimum atomic E-state index is -0.0677. The van der Waals surface area contributed by atoms with Crippen LogP contribution in [0.4, 0.5) is 0 Å². The van der Waals surface area contributed by atoms with Crippen molar-refractivity contribution in [2.45, 2.75) is 44.6 Å². The Morgan fingerprint density at radius 3 is 2.85 bits per heavy atom. The second-order valence-electron chi connectivity index (χ2n) is 7.55. The quantitative estimate of drug-likeness (QED) is 0.820. The summed E-state index contributed by atoms with van der Waals surface area (Å²) >= 11 is 0. The van der Waals surface area contributed by atoms with E-state index in [1.165, 1.54) is 0 Å². The molecule has 2 fully saturated rings. The number of pyridine rings is 1. The van der Waals surface area contributed by atoms with Crippen molar-refractivity contribution in [3.05, 3.63) is 30.1 Å². The molecule has 2 aliphatic heterocycles. The van der Waals surface area contributed by atoms with Crippen molar-refractivity contribution in [2.24, 2.45) is 0 Å². The lowest BCUT2D eigenvalue weighted by atomic mass is 9.86. The number of carbonyl (C=O) groups is 2. The monoisotopic (exact) mass is 358 g/mol. The van der Waals surface area contributed by atoms with Crippen molar-refractivity contribution in [3.63, 3.8) is 0 Å².